The molecule has 0 fully saturated rings. The average Bonchev–Trinajstić information content (AvgIpc) is 3.59. The molecular weight excluding hydrogens is 525 g/mol. The van der Waals surface area contributed by atoms with Gasteiger partial charge in [0.25, 0.3) is 0 Å². The minimum Gasteiger partial charge on any atom is -0.140 e. The van der Waals surface area contributed by atoms with Crippen molar-refractivity contribution >= 4 is 107 Å². The lowest BCUT2D eigenvalue weighted by Gasteiger charge is -2.15. The maximum Gasteiger partial charge on any atom is 0.0431 e. The summed E-state index contributed by atoms with van der Waals surface area (Å²) in [6.07, 6.45) is 0. The Morgan fingerprint density at radius 3 is 1.32 bits per heavy atom. The van der Waals surface area contributed by atoms with Crippen LogP contribution in [0.2, 0.25) is 0 Å². The molecule has 0 spiro atoms. The fourth-order valence-electron chi connectivity index (χ4n) is 5.62. The van der Waals surface area contributed by atoms with Gasteiger partial charge < -0.3 is 0 Å². The van der Waals surface area contributed by atoms with Crippen molar-refractivity contribution in [1.82, 2.24) is 0 Å². The summed E-state index contributed by atoms with van der Waals surface area (Å²) in [6.45, 7) is 18.6. The van der Waals surface area contributed by atoms with E-state index in [-0.39, 0.29) is 5.41 Å². The molecule has 0 unspecified atom stereocenters. The molecule has 0 aliphatic carbocycles. The summed E-state index contributed by atoms with van der Waals surface area (Å²) in [4.78, 5) is 5.84. The first kappa shape index (κ1) is 24.1. The summed E-state index contributed by atoms with van der Waals surface area (Å²) in [5.74, 6) is 1.08. The first-order chi connectivity index (χ1) is 17.5. The SMILES string of the molecule is Cc1cc2c3cc(C(C)C)sc3c3cc4c(cc3c2s1)c1sc(C(C)(C)C)cc1c1cc(C(C)C)sc14. The van der Waals surface area contributed by atoms with Crippen LogP contribution < -0.4 is 0 Å². The molecule has 7 aromatic rings. The van der Waals surface area contributed by atoms with Gasteiger partial charge in [-0.05, 0) is 60.6 Å². The second-order valence-electron chi connectivity index (χ2n) is 12.2. The van der Waals surface area contributed by atoms with Crippen molar-refractivity contribution in [3.63, 3.8) is 0 Å². The molecule has 188 valence electrons. The molecule has 0 amide bonds. The normalized spacial score (nSPS) is 13.4. The van der Waals surface area contributed by atoms with Gasteiger partial charge in [0.2, 0.25) is 0 Å². The highest BCUT2D eigenvalue weighted by Gasteiger charge is 2.23. The largest absolute Gasteiger partial charge is 0.140 e. The molecule has 0 N–H and O–H groups in total. The number of thiophene rings is 4. The van der Waals surface area contributed by atoms with Crippen molar-refractivity contribution < 1.29 is 0 Å². The molecule has 0 saturated heterocycles. The van der Waals surface area contributed by atoms with E-state index in [0.29, 0.717) is 11.8 Å². The van der Waals surface area contributed by atoms with Crippen molar-refractivity contribution in [3.05, 3.63) is 55.9 Å². The van der Waals surface area contributed by atoms with Gasteiger partial charge >= 0.3 is 0 Å². The predicted molar refractivity (Wildman–Crippen MR) is 175 cm³/mol. The number of benzene rings is 3. The van der Waals surface area contributed by atoms with E-state index in [4.69, 9.17) is 0 Å². The van der Waals surface area contributed by atoms with Crippen LogP contribution in [0.25, 0.3) is 61.9 Å². The number of hydrogen-bond donors (Lipinski definition) is 0. The Morgan fingerprint density at radius 2 is 0.865 bits per heavy atom. The third-order valence-corrected chi connectivity index (χ3v) is 13.3. The summed E-state index contributed by atoms with van der Waals surface area (Å²) in [5, 5.41) is 11.5. The third kappa shape index (κ3) is 3.49. The fourth-order valence-corrected chi connectivity index (χ4v) is 10.3. The quantitative estimate of drug-likeness (QED) is 0.186. The van der Waals surface area contributed by atoms with Crippen molar-refractivity contribution in [3.8, 4) is 0 Å². The Kier molecular flexibility index (Phi) is 5.22. The van der Waals surface area contributed by atoms with E-state index >= 15 is 0 Å². The van der Waals surface area contributed by atoms with Crippen LogP contribution in [-0.2, 0) is 5.41 Å². The van der Waals surface area contributed by atoms with E-state index in [1.807, 2.05) is 45.3 Å². The van der Waals surface area contributed by atoms with E-state index in [9.17, 15) is 0 Å². The molecule has 0 atom stereocenters. The Balaban J connectivity index is 1.74. The van der Waals surface area contributed by atoms with Gasteiger partial charge in [0, 0.05) is 81.4 Å². The molecule has 0 aliphatic rings. The smallest absolute Gasteiger partial charge is 0.0431 e. The molecule has 4 aromatic heterocycles. The molecule has 3 aromatic carbocycles. The van der Waals surface area contributed by atoms with Crippen LogP contribution in [0.4, 0.5) is 0 Å². The van der Waals surface area contributed by atoms with Crippen molar-refractivity contribution in [2.75, 3.05) is 0 Å². The van der Waals surface area contributed by atoms with Crippen LogP contribution in [0.3, 0.4) is 0 Å². The highest BCUT2D eigenvalue weighted by atomic mass is 32.1. The van der Waals surface area contributed by atoms with Crippen LogP contribution in [0.1, 0.15) is 79.8 Å². The van der Waals surface area contributed by atoms with Crippen LogP contribution in [0.15, 0.2) is 36.4 Å². The highest BCUT2D eigenvalue weighted by Crippen LogP contribution is 2.50. The number of hydrogen-bond acceptors (Lipinski definition) is 4. The summed E-state index contributed by atoms with van der Waals surface area (Å²) in [5.41, 5.74) is 0.143. The van der Waals surface area contributed by atoms with Gasteiger partial charge in [-0.1, -0.05) is 48.5 Å². The zero-order chi connectivity index (χ0) is 26.0. The van der Waals surface area contributed by atoms with E-state index in [2.05, 4.69) is 91.8 Å². The van der Waals surface area contributed by atoms with Gasteiger partial charge in [-0.2, -0.15) is 0 Å². The van der Waals surface area contributed by atoms with Crippen molar-refractivity contribution in [2.45, 2.75) is 72.6 Å². The maximum atomic E-state index is 2.56. The number of rotatable bonds is 2. The fraction of sp³-hybridized carbons (Fsp3) is 0.333. The Hall–Kier alpha value is -1.98. The Labute approximate surface area is 234 Å². The second kappa shape index (κ2) is 8.02. The van der Waals surface area contributed by atoms with Crippen LogP contribution in [-0.4, -0.2) is 0 Å². The average molecular weight is 557 g/mol. The monoisotopic (exact) mass is 556 g/mol. The van der Waals surface area contributed by atoms with Gasteiger partial charge in [-0.3, -0.25) is 0 Å². The standard InChI is InChI=1S/C33H32S4/c1-15(2)26-12-23-18-9-17(5)34-29(18)19-10-22-21(11-20(19)30(23)35-26)31-24(13-27(36-31)16(3)4)25-14-28(33(6,7)8)37-32(22)25/h9-16H,1-8H3. The van der Waals surface area contributed by atoms with Gasteiger partial charge in [0.1, 0.15) is 0 Å². The Bertz CT molecular complexity index is 2030. The maximum absolute atomic E-state index is 2.56. The molecule has 7 rings (SSSR count). The van der Waals surface area contributed by atoms with E-state index in [0.717, 1.165) is 0 Å². The van der Waals surface area contributed by atoms with E-state index < -0.39 is 0 Å². The van der Waals surface area contributed by atoms with E-state index in [1.54, 1.807) is 0 Å². The van der Waals surface area contributed by atoms with Crippen LogP contribution in [0.5, 0.6) is 0 Å². The molecule has 37 heavy (non-hydrogen) atoms. The predicted octanol–water partition coefficient (Wildman–Crippen LogP) is 12.7. The minimum absolute atomic E-state index is 0.143. The zero-order valence-electron chi connectivity index (χ0n) is 22.8. The van der Waals surface area contributed by atoms with Crippen LogP contribution in [0, 0.1) is 6.92 Å². The van der Waals surface area contributed by atoms with Gasteiger partial charge in [-0.25, -0.2) is 0 Å². The van der Waals surface area contributed by atoms with Crippen molar-refractivity contribution in [1.29, 1.82) is 0 Å². The lowest BCUT2D eigenvalue weighted by Crippen LogP contribution is -2.07. The first-order valence-electron chi connectivity index (χ1n) is 13.2. The van der Waals surface area contributed by atoms with Gasteiger partial charge in [0.15, 0.2) is 0 Å². The molecular formula is C33H32S4. The second-order valence-corrected chi connectivity index (χ2v) is 16.7. The summed E-state index contributed by atoms with van der Waals surface area (Å²) >= 11 is 7.98. The Morgan fingerprint density at radius 1 is 0.486 bits per heavy atom. The third-order valence-electron chi connectivity index (χ3n) is 7.68. The summed E-state index contributed by atoms with van der Waals surface area (Å²) in [6, 6.07) is 15.0. The zero-order valence-corrected chi connectivity index (χ0v) is 26.0. The number of fused-ring (bicyclic) bond motifs is 12. The summed E-state index contributed by atoms with van der Waals surface area (Å²) in [7, 11) is 0. The molecule has 4 heteroatoms. The molecule has 0 radical (unpaired) electrons. The lowest BCUT2D eigenvalue weighted by atomic mass is 9.93. The lowest BCUT2D eigenvalue weighted by molar-refractivity contribution is 0.604. The van der Waals surface area contributed by atoms with Gasteiger partial charge in [0.05, 0.1) is 0 Å². The molecule has 0 bridgehead atoms. The molecule has 0 saturated carbocycles. The highest BCUT2D eigenvalue weighted by molar-refractivity contribution is 7.23. The first-order valence-corrected chi connectivity index (χ1v) is 16.5. The minimum atomic E-state index is 0.143. The summed E-state index contributed by atoms with van der Waals surface area (Å²) < 4.78 is 5.83. The molecule has 4 heterocycles. The van der Waals surface area contributed by atoms with Crippen molar-refractivity contribution in [2.24, 2.45) is 0 Å². The van der Waals surface area contributed by atoms with Gasteiger partial charge in [-0.15, -0.1) is 45.3 Å². The molecule has 0 nitrogen and oxygen atoms in total. The molecule has 0 aliphatic heterocycles. The number of aryl methyl sites for hydroxylation is 1. The van der Waals surface area contributed by atoms with E-state index in [1.165, 1.54) is 81.4 Å². The topological polar surface area (TPSA) is 0 Å². The van der Waals surface area contributed by atoms with Crippen LogP contribution >= 0.6 is 45.3 Å².